The van der Waals surface area contributed by atoms with Crippen molar-refractivity contribution in [1.82, 2.24) is 8.78 Å². The van der Waals surface area contributed by atoms with E-state index in [0.29, 0.717) is 4.22 Å². The summed E-state index contributed by atoms with van der Waals surface area (Å²) in [6.45, 7) is 6.83. The molecule has 0 saturated carbocycles. The summed E-state index contributed by atoms with van der Waals surface area (Å²) >= 11 is -2.29. The van der Waals surface area contributed by atoms with Crippen molar-refractivity contribution in [2.24, 2.45) is 0 Å². The molecule has 0 amide bonds. The summed E-state index contributed by atoms with van der Waals surface area (Å²) in [5.74, 6) is 0. The van der Waals surface area contributed by atoms with Gasteiger partial charge in [0.15, 0.2) is 0 Å². The summed E-state index contributed by atoms with van der Waals surface area (Å²) in [7, 11) is 0. The van der Waals surface area contributed by atoms with Crippen LogP contribution >= 0.6 is 0 Å². The molecule has 23 heavy (non-hydrogen) atoms. The third-order valence-electron chi connectivity index (χ3n) is 4.28. The van der Waals surface area contributed by atoms with Crippen LogP contribution in [0.4, 0.5) is 0 Å². The fourth-order valence-corrected chi connectivity index (χ4v) is 10.4. The predicted molar refractivity (Wildman–Crippen MR) is 104 cm³/mol. The molecule has 4 heteroatoms. The van der Waals surface area contributed by atoms with Gasteiger partial charge in [-0.25, -0.2) is 0 Å². The largest absolute Gasteiger partial charge is 0.0149 e. The molecule has 2 aromatic rings. The van der Waals surface area contributed by atoms with Gasteiger partial charge >= 0.3 is 138 Å². The zero-order chi connectivity index (χ0) is 16.0. The smallest absolute Gasteiger partial charge is 0.0149 e. The number of hydrogen-bond acceptors (Lipinski definition) is 1. The van der Waals surface area contributed by atoms with E-state index in [-0.39, 0.29) is 16.5 Å². The van der Waals surface area contributed by atoms with Gasteiger partial charge < -0.3 is 0 Å². The molecule has 1 unspecified atom stereocenters. The first-order chi connectivity index (χ1) is 10.3. The standard InChI is InChI=1S/C13H10N.C4H10N.2CH3.H4Si.Ti/c1-2-4-11-8-13(7-10(11)3-1)12-5-6-14-9-12;1-4(2,3)5;;;;/h1-9,14H;5H,1-3H3;2*1H3;1H4;/q;-1;;;;+1. The molecule has 0 saturated heterocycles. The molecule has 1 atom stereocenters. The first kappa shape index (κ1) is 18.5. The molecule has 0 spiro atoms. The van der Waals surface area contributed by atoms with Crippen molar-refractivity contribution in [3.8, 4) is 0 Å². The summed E-state index contributed by atoms with van der Waals surface area (Å²) in [6, 6.07) is 11.1. The molecule has 1 heterocycles. The van der Waals surface area contributed by atoms with Gasteiger partial charge in [0, 0.05) is 0 Å². The Kier molecular flexibility index (Phi) is 5.27. The summed E-state index contributed by atoms with van der Waals surface area (Å²) in [5.41, 5.74) is 5.85. The average Bonchev–Trinajstić information content (AvgIpc) is 3.03. The van der Waals surface area contributed by atoms with Gasteiger partial charge in [0.05, 0.1) is 0 Å². The molecular formula is C19H30N2SiTi. The molecule has 0 radical (unpaired) electrons. The van der Waals surface area contributed by atoms with Crippen molar-refractivity contribution in [2.45, 2.75) is 41.0 Å². The van der Waals surface area contributed by atoms with Crippen LogP contribution in [0.2, 0.25) is 10.5 Å². The number of nitrogens with one attached hydrogen (secondary N) is 2. The fraction of sp³-hybridized carbons (Fsp3) is 0.368. The van der Waals surface area contributed by atoms with Gasteiger partial charge in [-0.05, 0) is 11.0 Å². The Morgan fingerprint density at radius 3 is 2.39 bits per heavy atom. The quantitative estimate of drug-likeness (QED) is 0.801. The maximum atomic E-state index is 4.01. The molecule has 124 valence electrons. The minimum Gasteiger partial charge on any atom is -0.0149 e. The van der Waals surface area contributed by atoms with Crippen molar-refractivity contribution in [2.75, 3.05) is 0 Å². The molecule has 1 aliphatic carbocycles. The maximum Gasteiger partial charge on any atom is -0.0149 e. The fourth-order valence-electron chi connectivity index (χ4n) is 3.89. The van der Waals surface area contributed by atoms with E-state index in [0.717, 1.165) is 0 Å². The molecule has 0 aliphatic heterocycles. The zero-order valence-electron chi connectivity index (χ0n) is 14.2. The number of rotatable bonds is 3. The second-order valence-electron chi connectivity index (χ2n) is 7.86. The second kappa shape index (κ2) is 6.56. The number of fused-ring (bicyclic) bond motifs is 1. The van der Waals surface area contributed by atoms with Crippen molar-refractivity contribution < 1.29 is 16.8 Å². The molecule has 0 bridgehead atoms. The van der Waals surface area contributed by atoms with Crippen LogP contribution in [0.25, 0.3) is 11.6 Å². The van der Waals surface area contributed by atoms with Gasteiger partial charge in [-0.15, -0.1) is 0 Å². The van der Waals surface area contributed by atoms with E-state index in [1.807, 2.05) is 6.20 Å². The Balaban J connectivity index is 0.00000192. The third kappa shape index (κ3) is 3.80. The number of aromatic amines is 1. The van der Waals surface area contributed by atoms with Gasteiger partial charge in [0.2, 0.25) is 0 Å². The van der Waals surface area contributed by atoms with Crippen molar-refractivity contribution in [3.05, 3.63) is 59.4 Å². The number of aromatic nitrogens is 1. The molecule has 1 aliphatic rings. The van der Waals surface area contributed by atoms with Crippen LogP contribution in [0, 0.1) is 0 Å². The van der Waals surface area contributed by atoms with Crippen LogP contribution in [0.15, 0.2) is 42.7 Å². The second-order valence-corrected chi connectivity index (χ2v) is 14.5. The van der Waals surface area contributed by atoms with E-state index < -0.39 is 16.8 Å². The Hall–Kier alpha value is -0.869. The SMILES string of the molecule is CC(C)(C)[NH][Ti]([CH3])([CH3])[CH]1C(c2cc[nH]c2)=Cc2ccccc21.[SiH4]. The Bertz CT molecular complexity index is 696. The van der Waals surface area contributed by atoms with Crippen LogP contribution in [-0.4, -0.2) is 21.5 Å². The Labute approximate surface area is 148 Å². The zero-order valence-corrected chi connectivity index (χ0v) is 15.8. The average molecular weight is 362 g/mol. The minimum absolute atomic E-state index is 0. The van der Waals surface area contributed by atoms with Gasteiger partial charge in [-0.3, -0.25) is 0 Å². The Morgan fingerprint density at radius 1 is 1.09 bits per heavy atom. The topological polar surface area (TPSA) is 27.8 Å². The predicted octanol–water partition coefficient (Wildman–Crippen LogP) is 3.71. The van der Waals surface area contributed by atoms with E-state index in [9.17, 15) is 0 Å². The number of hydrogen-bond donors (Lipinski definition) is 2. The van der Waals surface area contributed by atoms with Gasteiger partial charge in [0.25, 0.3) is 0 Å². The van der Waals surface area contributed by atoms with Crippen LogP contribution in [0.3, 0.4) is 0 Å². The van der Waals surface area contributed by atoms with E-state index in [1.165, 1.54) is 22.3 Å². The van der Waals surface area contributed by atoms with E-state index in [4.69, 9.17) is 0 Å². The van der Waals surface area contributed by atoms with Crippen LogP contribution in [-0.2, 0) is 16.8 Å². The van der Waals surface area contributed by atoms with Gasteiger partial charge in [0.1, 0.15) is 0 Å². The van der Waals surface area contributed by atoms with E-state index >= 15 is 0 Å². The molecule has 3 rings (SSSR count). The third-order valence-corrected chi connectivity index (χ3v) is 9.68. The molecule has 2 N–H and O–H groups in total. The Morgan fingerprint density at radius 2 is 1.78 bits per heavy atom. The molecule has 0 fully saturated rings. The number of benzene rings is 1. The van der Waals surface area contributed by atoms with E-state index in [2.05, 4.69) is 82.6 Å². The van der Waals surface area contributed by atoms with Crippen molar-refractivity contribution in [1.29, 1.82) is 0 Å². The molecule has 1 aromatic carbocycles. The van der Waals surface area contributed by atoms with E-state index in [1.54, 1.807) is 0 Å². The monoisotopic (exact) mass is 362 g/mol. The molecule has 2 nitrogen and oxygen atoms in total. The summed E-state index contributed by atoms with van der Waals surface area (Å²) < 4.78 is 4.54. The maximum absolute atomic E-state index is 4.01. The van der Waals surface area contributed by atoms with Crippen molar-refractivity contribution in [3.63, 3.8) is 0 Å². The van der Waals surface area contributed by atoms with Crippen LogP contribution in [0.1, 0.15) is 41.7 Å². The molecular weight excluding hydrogens is 332 g/mol. The first-order valence-corrected chi connectivity index (χ1v) is 12.8. The first-order valence-electron chi connectivity index (χ1n) is 8.01. The van der Waals surface area contributed by atoms with Crippen molar-refractivity contribution >= 4 is 22.6 Å². The summed E-state index contributed by atoms with van der Waals surface area (Å²) in [6.07, 6.45) is 6.54. The summed E-state index contributed by atoms with van der Waals surface area (Å²) in [5, 5.41) is 5.00. The summed E-state index contributed by atoms with van der Waals surface area (Å²) in [4.78, 5) is 3.21. The normalized spacial score (nSPS) is 17.4. The molecule has 1 aromatic heterocycles. The van der Waals surface area contributed by atoms with Gasteiger partial charge in [-0.2, -0.15) is 0 Å². The van der Waals surface area contributed by atoms with Gasteiger partial charge in [-0.1, -0.05) is 0 Å². The number of allylic oxidation sites excluding steroid dienone is 1. The number of H-pyrrole nitrogens is 1. The van der Waals surface area contributed by atoms with Crippen LogP contribution < -0.4 is 3.80 Å². The van der Waals surface area contributed by atoms with Crippen LogP contribution in [0.5, 0.6) is 0 Å². The minimum atomic E-state index is -2.29.